The maximum atomic E-state index is 10.7. The minimum Gasteiger partial charge on any atom is -0.480 e. The zero-order chi connectivity index (χ0) is 9.56. The molecule has 0 aliphatic rings. The third-order valence-electron chi connectivity index (χ3n) is 1.43. The number of rotatable bonds is 6. The number of hydrogen-bond donors (Lipinski definition) is 1. The van der Waals surface area contributed by atoms with Gasteiger partial charge in [-0.05, 0) is 12.2 Å². The van der Waals surface area contributed by atoms with E-state index in [2.05, 4.69) is 0 Å². The normalized spacial score (nSPS) is 13.3. The van der Waals surface area contributed by atoms with Crippen molar-refractivity contribution in [3.8, 4) is 0 Å². The molecule has 1 unspecified atom stereocenters. The second kappa shape index (κ2) is 6.66. The number of hydrogen-bond acceptors (Lipinski definition) is 3. The molecule has 0 aromatic carbocycles. The molecule has 0 rings (SSSR count). The van der Waals surface area contributed by atoms with Crippen molar-refractivity contribution in [1.82, 2.24) is 0 Å². The molecule has 0 aliphatic heterocycles. The molecule has 0 aromatic rings. The molecule has 2 nitrogen and oxygen atoms in total. The van der Waals surface area contributed by atoms with E-state index >= 15 is 0 Å². The highest BCUT2D eigenvalue weighted by Crippen LogP contribution is 2.20. The Kier molecular flexibility index (Phi) is 6.76. The lowest BCUT2D eigenvalue weighted by molar-refractivity contribution is -0.137. The summed E-state index contributed by atoms with van der Waals surface area (Å²) >= 11 is 3.30. The highest BCUT2D eigenvalue weighted by molar-refractivity contribution is 8.03. The fraction of sp³-hybridized carbons (Fsp3) is 0.875. The van der Waals surface area contributed by atoms with Crippen molar-refractivity contribution in [1.29, 1.82) is 0 Å². The summed E-state index contributed by atoms with van der Waals surface area (Å²) in [4.78, 5) is 10.7. The third-order valence-corrected chi connectivity index (χ3v) is 3.85. The second-order valence-corrected chi connectivity index (χ2v) is 5.10. The first kappa shape index (κ1) is 12.2. The van der Waals surface area contributed by atoms with Crippen LogP contribution in [0.3, 0.4) is 0 Å². The first-order chi connectivity index (χ1) is 5.59. The van der Waals surface area contributed by atoms with E-state index in [0.717, 1.165) is 11.5 Å². The molecule has 0 radical (unpaired) electrons. The molecule has 0 fully saturated rings. The van der Waals surface area contributed by atoms with Crippen molar-refractivity contribution in [2.45, 2.75) is 19.1 Å². The Morgan fingerprint density at radius 2 is 2.00 bits per heavy atom. The average Bonchev–Trinajstić information content (AvgIpc) is 1.96. The van der Waals surface area contributed by atoms with Crippen LogP contribution in [0, 0.1) is 5.92 Å². The standard InChI is InChI=1S/C8H16O2S2/c1-6(2)7(8(9)10)12-5-4-11-3/h6-7H,4-5H2,1-3H3,(H,9,10). The molecule has 0 amide bonds. The van der Waals surface area contributed by atoms with E-state index in [-0.39, 0.29) is 11.2 Å². The van der Waals surface area contributed by atoms with Crippen LogP contribution in [0.15, 0.2) is 0 Å². The number of carboxylic acid groups (broad SMARTS) is 1. The molecule has 0 saturated heterocycles. The molecule has 0 heterocycles. The molecule has 72 valence electrons. The molecule has 0 aliphatic carbocycles. The van der Waals surface area contributed by atoms with Gasteiger partial charge in [0.2, 0.25) is 0 Å². The van der Waals surface area contributed by atoms with E-state index in [4.69, 9.17) is 5.11 Å². The highest BCUT2D eigenvalue weighted by Gasteiger charge is 2.20. The largest absolute Gasteiger partial charge is 0.480 e. The van der Waals surface area contributed by atoms with Gasteiger partial charge in [-0.15, -0.1) is 11.8 Å². The van der Waals surface area contributed by atoms with Gasteiger partial charge in [-0.1, -0.05) is 13.8 Å². The van der Waals surface area contributed by atoms with Gasteiger partial charge in [0.25, 0.3) is 0 Å². The third kappa shape index (κ3) is 4.93. The summed E-state index contributed by atoms with van der Waals surface area (Å²) < 4.78 is 0. The summed E-state index contributed by atoms with van der Waals surface area (Å²) in [7, 11) is 0. The minimum atomic E-state index is -0.684. The van der Waals surface area contributed by atoms with Crippen LogP contribution >= 0.6 is 23.5 Å². The molecule has 0 aromatic heterocycles. The maximum absolute atomic E-state index is 10.7. The predicted octanol–water partition coefficient (Wildman–Crippen LogP) is 2.19. The molecular weight excluding hydrogens is 192 g/mol. The van der Waals surface area contributed by atoms with E-state index in [1.54, 1.807) is 23.5 Å². The SMILES string of the molecule is CSCCSC(C(=O)O)C(C)C. The number of carbonyl (C=O) groups is 1. The zero-order valence-electron chi connectivity index (χ0n) is 7.74. The molecule has 0 saturated carbocycles. The van der Waals surface area contributed by atoms with E-state index in [1.165, 1.54) is 0 Å². The van der Waals surface area contributed by atoms with Gasteiger partial charge in [0, 0.05) is 11.5 Å². The minimum absolute atomic E-state index is 0.217. The molecule has 1 N–H and O–H groups in total. The van der Waals surface area contributed by atoms with Gasteiger partial charge >= 0.3 is 5.97 Å². The van der Waals surface area contributed by atoms with Gasteiger partial charge in [0.1, 0.15) is 5.25 Å². The summed E-state index contributed by atoms with van der Waals surface area (Å²) in [6.07, 6.45) is 2.03. The Bertz CT molecular complexity index is 137. The zero-order valence-corrected chi connectivity index (χ0v) is 9.37. The molecule has 1 atom stereocenters. The van der Waals surface area contributed by atoms with Gasteiger partial charge in [0.05, 0.1) is 0 Å². The summed E-state index contributed by atoms with van der Waals surface area (Å²) in [5.41, 5.74) is 0. The second-order valence-electron chi connectivity index (χ2n) is 2.87. The first-order valence-electron chi connectivity index (χ1n) is 3.93. The Balaban J connectivity index is 3.72. The van der Waals surface area contributed by atoms with Crippen molar-refractivity contribution in [2.75, 3.05) is 17.8 Å². The quantitative estimate of drug-likeness (QED) is 0.679. The van der Waals surface area contributed by atoms with Crippen LogP contribution in [0.25, 0.3) is 0 Å². The number of carboxylic acids is 1. The average molecular weight is 208 g/mol. The van der Waals surface area contributed by atoms with Crippen LogP contribution in [0.2, 0.25) is 0 Å². The Labute approximate surface area is 82.5 Å². The van der Waals surface area contributed by atoms with Gasteiger partial charge in [-0.3, -0.25) is 4.79 Å². The molecular formula is C8H16O2S2. The number of aliphatic carboxylic acids is 1. The van der Waals surface area contributed by atoms with Crippen molar-refractivity contribution in [3.63, 3.8) is 0 Å². The lowest BCUT2D eigenvalue weighted by atomic mass is 10.1. The Morgan fingerprint density at radius 3 is 2.33 bits per heavy atom. The smallest absolute Gasteiger partial charge is 0.316 e. The topological polar surface area (TPSA) is 37.3 Å². The molecule has 4 heteroatoms. The van der Waals surface area contributed by atoms with Crippen molar-refractivity contribution < 1.29 is 9.90 Å². The summed E-state index contributed by atoms with van der Waals surface area (Å²) in [6, 6.07) is 0. The lowest BCUT2D eigenvalue weighted by Crippen LogP contribution is -2.23. The van der Waals surface area contributed by atoms with Gasteiger partial charge in [0.15, 0.2) is 0 Å². The summed E-state index contributed by atoms with van der Waals surface area (Å²) in [5, 5.41) is 8.58. The van der Waals surface area contributed by atoms with Crippen LogP contribution in [0.4, 0.5) is 0 Å². The molecule has 0 spiro atoms. The fourth-order valence-electron chi connectivity index (χ4n) is 0.807. The van der Waals surface area contributed by atoms with Crippen molar-refractivity contribution in [3.05, 3.63) is 0 Å². The molecule has 12 heavy (non-hydrogen) atoms. The van der Waals surface area contributed by atoms with E-state index in [0.29, 0.717) is 0 Å². The van der Waals surface area contributed by atoms with Gasteiger partial charge in [-0.25, -0.2) is 0 Å². The number of thioether (sulfide) groups is 2. The highest BCUT2D eigenvalue weighted by atomic mass is 32.2. The van der Waals surface area contributed by atoms with Crippen LogP contribution in [0.5, 0.6) is 0 Å². The van der Waals surface area contributed by atoms with E-state index in [9.17, 15) is 4.79 Å². The maximum Gasteiger partial charge on any atom is 0.316 e. The van der Waals surface area contributed by atoms with E-state index < -0.39 is 5.97 Å². The van der Waals surface area contributed by atoms with Crippen LogP contribution in [-0.2, 0) is 4.79 Å². The Hall–Kier alpha value is 0.170. The van der Waals surface area contributed by atoms with Crippen LogP contribution in [-0.4, -0.2) is 34.1 Å². The van der Waals surface area contributed by atoms with Crippen LogP contribution < -0.4 is 0 Å². The predicted molar refractivity (Wildman–Crippen MR) is 57.1 cm³/mol. The van der Waals surface area contributed by atoms with Gasteiger partial charge in [-0.2, -0.15) is 11.8 Å². The summed E-state index contributed by atoms with van der Waals surface area (Å²) in [5.74, 6) is 1.49. The van der Waals surface area contributed by atoms with Gasteiger partial charge < -0.3 is 5.11 Å². The van der Waals surface area contributed by atoms with Crippen molar-refractivity contribution in [2.24, 2.45) is 5.92 Å². The summed E-state index contributed by atoms with van der Waals surface area (Å²) in [6.45, 7) is 3.90. The molecule has 0 bridgehead atoms. The fourth-order valence-corrected chi connectivity index (χ4v) is 2.64. The van der Waals surface area contributed by atoms with Crippen LogP contribution in [0.1, 0.15) is 13.8 Å². The monoisotopic (exact) mass is 208 g/mol. The first-order valence-corrected chi connectivity index (χ1v) is 6.37. The Morgan fingerprint density at radius 1 is 1.42 bits per heavy atom. The van der Waals surface area contributed by atoms with Crippen molar-refractivity contribution >= 4 is 29.5 Å². The lowest BCUT2D eigenvalue weighted by Gasteiger charge is -2.14. The van der Waals surface area contributed by atoms with E-state index in [1.807, 2.05) is 20.1 Å².